The van der Waals surface area contributed by atoms with Gasteiger partial charge in [0.15, 0.2) is 0 Å². The van der Waals surface area contributed by atoms with Crippen molar-refractivity contribution in [3.8, 4) is 0 Å². The van der Waals surface area contributed by atoms with Crippen LogP contribution < -0.4 is 16.6 Å². The van der Waals surface area contributed by atoms with Gasteiger partial charge in [0.25, 0.3) is 0 Å². The van der Waals surface area contributed by atoms with Crippen molar-refractivity contribution >= 4 is 23.4 Å². The zero-order chi connectivity index (χ0) is 14.4. The van der Waals surface area contributed by atoms with Gasteiger partial charge in [0.2, 0.25) is 0 Å². The lowest BCUT2D eigenvalue weighted by Crippen LogP contribution is -2.15. The first-order valence-electron chi connectivity index (χ1n) is 7.34. The Morgan fingerprint density at radius 3 is 2.60 bits per heavy atom. The van der Waals surface area contributed by atoms with Crippen LogP contribution in [-0.4, -0.2) is 28.5 Å². The van der Waals surface area contributed by atoms with Gasteiger partial charge in [-0.1, -0.05) is 6.42 Å². The number of anilines is 2. The Balaban J connectivity index is 1.90. The third kappa shape index (κ3) is 4.24. The molecule has 20 heavy (non-hydrogen) atoms. The van der Waals surface area contributed by atoms with Crippen molar-refractivity contribution in [2.45, 2.75) is 44.9 Å². The van der Waals surface area contributed by atoms with Gasteiger partial charge in [0.05, 0.1) is 0 Å². The number of nitrogen functional groups attached to an aromatic ring is 1. The topological polar surface area (TPSA) is 75.9 Å². The fraction of sp³-hybridized carbons (Fsp3) is 0.714. The number of hydrogen-bond donors (Lipinski definition) is 3. The molecule has 0 spiro atoms. The second kappa shape index (κ2) is 7.69. The fourth-order valence-corrected chi connectivity index (χ4v) is 2.62. The molecule has 0 bridgehead atoms. The Morgan fingerprint density at radius 2 is 1.95 bits per heavy atom. The molecule has 112 valence electrons. The monoisotopic (exact) mass is 295 g/mol. The molecule has 1 aliphatic carbocycles. The smallest absolute Gasteiger partial charge is 0.148 e. The summed E-state index contributed by atoms with van der Waals surface area (Å²) in [5, 5.41) is 3.43. The minimum absolute atomic E-state index is 0.532. The maximum atomic E-state index is 5.55. The van der Waals surface area contributed by atoms with Gasteiger partial charge in [-0.2, -0.15) is 11.8 Å². The van der Waals surface area contributed by atoms with Gasteiger partial charge in [0.1, 0.15) is 17.5 Å². The number of rotatable bonds is 9. The summed E-state index contributed by atoms with van der Waals surface area (Å²) in [5.74, 6) is 9.93. The van der Waals surface area contributed by atoms with Gasteiger partial charge in [-0.05, 0) is 44.6 Å². The highest BCUT2D eigenvalue weighted by atomic mass is 32.2. The Hall–Kier alpha value is -1.01. The van der Waals surface area contributed by atoms with Crippen LogP contribution in [0, 0.1) is 6.92 Å². The van der Waals surface area contributed by atoms with E-state index in [1.54, 1.807) is 0 Å². The Bertz CT molecular complexity index is 434. The molecular formula is C14H25N5S. The molecule has 0 amide bonds. The third-order valence-electron chi connectivity index (χ3n) is 3.56. The van der Waals surface area contributed by atoms with Crippen LogP contribution in [0.1, 0.15) is 49.4 Å². The Labute approximate surface area is 125 Å². The standard InChI is InChI=1S/C14H25N5S/c1-10-12(16-8-4-3-5-9-20-2)17-14(11-6-7-11)18-13(10)19-15/h11H,3-9,15H2,1-2H3,(H2,16,17,18,19). The van der Waals surface area contributed by atoms with Gasteiger partial charge in [-0.3, -0.25) is 0 Å². The third-order valence-corrected chi connectivity index (χ3v) is 4.26. The highest BCUT2D eigenvalue weighted by molar-refractivity contribution is 7.98. The molecule has 0 aromatic carbocycles. The molecular weight excluding hydrogens is 270 g/mol. The molecule has 1 aromatic rings. The summed E-state index contributed by atoms with van der Waals surface area (Å²) >= 11 is 1.91. The molecule has 4 N–H and O–H groups in total. The lowest BCUT2D eigenvalue weighted by Gasteiger charge is -2.13. The summed E-state index contributed by atoms with van der Waals surface area (Å²) in [6, 6.07) is 0. The van der Waals surface area contributed by atoms with Crippen molar-refractivity contribution in [2.75, 3.05) is 29.3 Å². The minimum atomic E-state index is 0.532. The van der Waals surface area contributed by atoms with Crippen LogP contribution in [0.5, 0.6) is 0 Å². The Kier molecular flexibility index (Phi) is 5.91. The zero-order valence-electron chi connectivity index (χ0n) is 12.4. The van der Waals surface area contributed by atoms with Crippen molar-refractivity contribution in [1.82, 2.24) is 9.97 Å². The average molecular weight is 295 g/mol. The van der Waals surface area contributed by atoms with Crippen molar-refractivity contribution in [1.29, 1.82) is 0 Å². The summed E-state index contributed by atoms with van der Waals surface area (Å²) in [4.78, 5) is 9.15. The quantitative estimate of drug-likeness (QED) is 0.369. The Morgan fingerprint density at radius 1 is 1.20 bits per heavy atom. The van der Waals surface area contributed by atoms with Gasteiger partial charge in [-0.25, -0.2) is 15.8 Å². The number of aromatic nitrogens is 2. The maximum Gasteiger partial charge on any atom is 0.148 e. The van der Waals surface area contributed by atoms with Crippen molar-refractivity contribution in [3.63, 3.8) is 0 Å². The van der Waals surface area contributed by atoms with Crippen LogP contribution in [0.25, 0.3) is 0 Å². The lowest BCUT2D eigenvalue weighted by molar-refractivity contribution is 0.746. The van der Waals surface area contributed by atoms with E-state index in [0.717, 1.165) is 29.6 Å². The van der Waals surface area contributed by atoms with E-state index in [4.69, 9.17) is 5.84 Å². The molecule has 1 heterocycles. The van der Waals surface area contributed by atoms with E-state index in [1.165, 1.54) is 37.9 Å². The van der Waals surface area contributed by atoms with E-state index in [0.29, 0.717) is 5.92 Å². The fourth-order valence-electron chi connectivity index (χ4n) is 2.13. The lowest BCUT2D eigenvalue weighted by atomic mass is 10.2. The van der Waals surface area contributed by atoms with Crippen LogP contribution in [0.15, 0.2) is 0 Å². The highest BCUT2D eigenvalue weighted by Gasteiger charge is 2.28. The van der Waals surface area contributed by atoms with Crippen molar-refractivity contribution in [3.05, 3.63) is 11.4 Å². The predicted octanol–water partition coefficient (Wildman–Crippen LogP) is 2.89. The first kappa shape index (κ1) is 15.4. The van der Waals surface area contributed by atoms with Crippen molar-refractivity contribution in [2.24, 2.45) is 5.84 Å². The largest absolute Gasteiger partial charge is 0.370 e. The summed E-state index contributed by atoms with van der Waals surface area (Å²) in [6.45, 7) is 2.96. The normalized spacial score (nSPS) is 14.3. The van der Waals surface area contributed by atoms with Gasteiger partial charge in [-0.15, -0.1) is 0 Å². The predicted molar refractivity (Wildman–Crippen MR) is 87.3 cm³/mol. The average Bonchev–Trinajstić information content (AvgIpc) is 3.29. The maximum absolute atomic E-state index is 5.55. The number of nitrogens with zero attached hydrogens (tertiary/aromatic N) is 2. The molecule has 1 fully saturated rings. The summed E-state index contributed by atoms with van der Waals surface area (Å²) < 4.78 is 0. The molecule has 5 nitrogen and oxygen atoms in total. The molecule has 1 aliphatic rings. The molecule has 0 unspecified atom stereocenters. The summed E-state index contributed by atoms with van der Waals surface area (Å²) in [6.07, 6.45) is 8.27. The van der Waals surface area contributed by atoms with Crippen LogP contribution in [0.3, 0.4) is 0 Å². The molecule has 2 rings (SSSR count). The zero-order valence-corrected chi connectivity index (χ0v) is 13.2. The molecule has 6 heteroatoms. The number of hydrogen-bond acceptors (Lipinski definition) is 6. The van der Waals surface area contributed by atoms with E-state index in [1.807, 2.05) is 18.7 Å². The molecule has 1 aromatic heterocycles. The molecule has 0 atom stereocenters. The minimum Gasteiger partial charge on any atom is -0.370 e. The number of nitrogens with one attached hydrogen (secondary N) is 2. The molecule has 1 saturated carbocycles. The van der Waals surface area contributed by atoms with E-state index in [-0.39, 0.29) is 0 Å². The van der Waals surface area contributed by atoms with Crippen LogP contribution in [0.2, 0.25) is 0 Å². The van der Waals surface area contributed by atoms with Crippen molar-refractivity contribution < 1.29 is 0 Å². The number of unbranched alkanes of at least 4 members (excludes halogenated alkanes) is 2. The van der Waals surface area contributed by atoms with E-state index >= 15 is 0 Å². The van der Waals surface area contributed by atoms with Gasteiger partial charge >= 0.3 is 0 Å². The van der Waals surface area contributed by atoms with Crippen LogP contribution >= 0.6 is 11.8 Å². The molecule has 0 radical (unpaired) electrons. The number of nitrogens with two attached hydrogens (primary N) is 1. The van der Waals surface area contributed by atoms with E-state index in [2.05, 4.69) is 27.0 Å². The molecule has 0 saturated heterocycles. The number of hydrazine groups is 1. The van der Waals surface area contributed by atoms with Crippen LogP contribution in [0.4, 0.5) is 11.6 Å². The van der Waals surface area contributed by atoms with E-state index in [9.17, 15) is 0 Å². The van der Waals surface area contributed by atoms with Gasteiger partial charge < -0.3 is 10.7 Å². The second-order valence-corrected chi connectivity index (χ2v) is 6.29. The highest BCUT2D eigenvalue weighted by Crippen LogP contribution is 2.39. The SMILES string of the molecule is CSCCCCCNc1nc(C2CC2)nc(NN)c1C. The van der Waals surface area contributed by atoms with E-state index < -0.39 is 0 Å². The molecule has 0 aliphatic heterocycles. The first-order chi connectivity index (χ1) is 9.76. The second-order valence-electron chi connectivity index (χ2n) is 5.30. The summed E-state index contributed by atoms with van der Waals surface area (Å²) in [5.41, 5.74) is 3.68. The first-order valence-corrected chi connectivity index (χ1v) is 8.73. The van der Waals surface area contributed by atoms with Crippen LogP contribution in [-0.2, 0) is 0 Å². The summed E-state index contributed by atoms with van der Waals surface area (Å²) in [7, 11) is 0. The number of thioether (sulfide) groups is 1. The van der Waals surface area contributed by atoms with Gasteiger partial charge in [0, 0.05) is 18.0 Å².